The number of hydrogen-bond donors (Lipinski definition) is 1. The van der Waals surface area contributed by atoms with Crippen molar-refractivity contribution in [1.82, 2.24) is 0 Å². The zero-order valence-corrected chi connectivity index (χ0v) is 10.1. The van der Waals surface area contributed by atoms with Crippen molar-refractivity contribution in [2.24, 2.45) is 5.92 Å². The molecule has 0 amide bonds. The van der Waals surface area contributed by atoms with Crippen LogP contribution in [0.3, 0.4) is 0 Å². The van der Waals surface area contributed by atoms with Crippen molar-refractivity contribution in [1.29, 1.82) is 0 Å². The molecule has 0 saturated carbocycles. The first-order valence-electron chi connectivity index (χ1n) is 6.09. The van der Waals surface area contributed by atoms with Crippen molar-refractivity contribution in [3.8, 4) is 0 Å². The fourth-order valence-corrected chi connectivity index (χ4v) is 2.49. The molecule has 0 aliphatic heterocycles. The zero-order valence-electron chi connectivity index (χ0n) is 10.1. The maximum absolute atomic E-state index is 10.1. The Bertz CT molecular complexity index is 366. The van der Waals surface area contributed by atoms with Gasteiger partial charge in [0.1, 0.15) is 0 Å². The first-order valence-corrected chi connectivity index (χ1v) is 6.09. The predicted octanol–water partition coefficient (Wildman–Crippen LogP) is 3.51. The molecule has 86 valence electrons. The van der Waals surface area contributed by atoms with Crippen molar-refractivity contribution in [2.45, 2.75) is 38.7 Å². The van der Waals surface area contributed by atoms with Crippen LogP contribution in [0, 0.1) is 5.92 Å². The summed E-state index contributed by atoms with van der Waals surface area (Å²) >= 11 is 0. The normalized spacial score (nSPS) is 30.7. The molecule has 0 radical (unpaired) electrons. The number of aliphatic hydroxyl groups is 1. The molecule has 1 aromatic carbocycles. The third kappa shape index (κ3) is 2.35. The van der Waals surface area contributed by atoms with Gasteiger partial charge in [0.15, 0.2) is 0 Å². The largest absolute Gasteiger partial charge is 0.393 e. The molecule has 0 saturated heterocycles. The Morgan fingerprint density at radius 2 is 1.88 bits per heavy atom. The number of rotatable bonds is 1. The lowest BCUT2D eigenvalue weighted by atomic mass is 9.84. The Hall–Kier alpha value is -1.08. The summed E-state index contributed by atoms with van der Waals surface area (Å²) < 4.78 is 0. The summed E-state index contributed by atoms with van der Waals surface area (Å²) in [5.41, 5.74) is 2.72. The Kier molecular flexibility index (Phi) is 3.45. The van der Waals surface area contributed by atoms with Gasteiger partial charge in [0.05, 0.1) is 6.10 Å². The maximum Gasteiger partial charge on any atom is 0.0577 e. The van der Waals surface area contributed by atoms with E-state index in [1.165, 1.54) is 11.1 Å². The molecule has 1 aromatic rings. The molecule has 1 aliphatic carbocycles. The van der Waals surface area contributed by atoms with Crippen molar-refractivity contribution in [3.63, 3.8) is 0 Å². The molecule has 1 aliphatic rings. The number of allylic oxidation sites excluding steroid dienone is 2. The number of hydrogen-bond acceptors (Lipinski definition) is 1. The third-order valence-corrected chi connectivity index (χ3v) is 3.66. The highest BCUT2D eigenvalue weighted by Crippen LogP contribution is 2.34. The van der Waals surface area contributed by atoms with Gasteiger partial charge in [0, 0.05) is 5.92 Å². The molecular formula is C15H20O. The molecule has 0 heterocycles. The second-order valence-corrected chi connectivity index (χ2v) is 4.91. The predicted molar refractivity (Wildman–Crippen MR) is 67.3 cm³/mol. The molecule has 2 rings (SSSR count). The highest BCUT2D eigenvalue weighted by atomic mass is 16.3. The lowest BCUT2D eigenvalue weighted by Crippen LogP contribution is -2.21. The van der Waals surface area contributed by atoms with Crippen molar-refractivity contribution < 1.29 is 5.11 Å². The minimum Gasteiger partial charge on any atom is -0.393 e. The third-order valence-electron chi connectivity index (χ3n) is 3.66. The van der Waals surface area contributed by atoms with Gasteiger partial charge < -0.3 is 5.11 Å². The Morgan fingerprint density at radius 3 is 2.56 bits per heavy atom. The average molecular weight is 216 g/mol. The summed E-state index contributed by atoms with van der Waals surface area (Å²) in [5.74, 6) is 0.665. The van der Waals surface area contributed by atoms with Gasteiger partial charge in [-0.05, 0) is 31.2 Å². The van der Waals surface area contributed by atoms with E-state index in [4.69, 9.17) is 0 Å². The molecule has 1 heteroatoms. The average Bonchev–Trinajstić information content (AvgIpc) is 2.44. The van der Waals surface area contributed by atoms with Crippen LogP contribution in [-0.4, -0.2) is 11.2 Å². The number of benzene rings is 1. The lowest BCUT2D eigenvalue weighted by molar-refractivity contribution is 0.104. The molecule has 0 aromatic heterocycles. The van der Waals surface area contributed by atoms with E-state index >= 15 is 0 Å². The minimum absolute atomic E-state index is 0.182. The van der Waals surface area contributed by atoms with E-state index in [0.29, 0.717) is 11.8 Å². The van der Waals surface area contributed by atoms with Crippen LogP contribution < -0.4 is 0 Å². The zero-order chi connectivity index (χ0) is 11.5. The molecule has 0 unspecified atom stereocenters. The van der Waals surface area contributed by atoms with Gasteiger partial charge in [-0.15, -0.1) is 0 Å². The van der Waals surface area contributed by atoms with E-state index in [1.54, 1.807) is 0 Å². The molecule has 0 fully saturated rings. The summed E-state index contributed by atoms with van der Waals surface area (Å²) in [6, 6.07) is 10.5. The quantitative estimate of drug-likeness (QED) is 0.712. The monoisotopic (exact) mass is 216 g/mol. The van der Waals surface area contributed by atoms with Gasteiger partial charge in [0.2, 0.25) is 0 Å². The van der Waals surface area contributed by atoms with Crippen LogP contribution in [0.4, 0.5) is 0 Å². The van der Waals surface area contributed by atoms with Crippen LogP contribution in [0.1, 0.15) is 38.2 Å². The molecule has 0 spiro atoms. The van der Waals surface area contributed by atoms with E-state index in [9.17, 15) is 5.11 Å². The highest BCUT2D eigenvalue weighted by Gasteiger charge is 2.26. The Morgan fingerprint density at radius 1 is 1.19 bits per heavy atom. The molecule has 0 bridgehead atoms. The fraction of sp³-hybridized carbons (Fsp3) is 0.467. The van der Waals surface area contributed by atoms with Crippen LogP contribution in [0.5, 0.6) is 0 Å². The van der Waals surface area contributed by atoms with Crippen LogP contribution >= 0.6 is 0 Å². The molecule has 1 nitrogen and oxygen atoms in total. The molecular weight excluding hydrogens is 196 g/mol. The van der Waals surface area contributed by atoms with Gasteiger partial charge >= 0.3 is 0 Å². The standard InChI is InChI=1S/C15H20O/c1-11-8-9-15(16)12(2)14(10-11)13-6-4-3-5-7-13/h3-7,10,12,14-16H,8-9H2,1-2H3/t12-,14+,15+/m0/s1. The topological polar surface area (TPSA) is 20.2 Å². The summed E-state index contributed by atoms with van der Waals surface area (Å²) in [6.07, 6.45) is 4.07. The van der Waals surface area contributed by atoms with Gasteiger partial charge in [-0.2, -0.15) is 0 Å². The van der Waals surface area contributed by atoms with Gasteiger partial charge in [-0.3, -0.25) is 0 Å². The van der Waals surface area contributed by atoms with E-state index < -0.39 is 0 Å². The van der Waals surface area contributed by atoms with E-state index in [-0.39, 0.29) is 6.10 Å². The smallest absolute Gasteiger partial charge is 0.0577 e. The summed E-state index contributed by atoms with van der Waals surface area (Å²) in [6.45, 7) is 4.32. The van der Waals surface area contributed by atoms with Crippen LogP contribution in [0.15, 0.2) is 42.0 Å². The second kappa shape index (κ2) is 4.84. The minimum atomic E-state index is -0.182. The van der Waals surface area contributed by atoms with E-state index in [0.717, 1.165) is 12.8 Å². The van der Waals surface area contributed by atoms with E-state index in [2.05, 4.69) is 44.2 Å². The fourth-order valence-electron chi connectivity index (χ4n) is 2.49. The highest BCUT2D eigenvalue weighted by molar-refractivity contribution is 5.27. The summed E-state index contributed by atoms with van der Waals surface area (Å²) in [4.78, 5) is 0. The van der Waals surface area contributed by atoms with Crippen LogP contribution in [0.25, 0.3) is 0 Å². The van der Waals surface area contributed by atoms with Gasteiger partial charge in [0.25, 0.3) is 0 Å². The van der Waals surface area contributed by atoms with E-state index in [1.807, 2.05) is 6.07 Å². The lowest BCUT2D eigenvalue weighted by Gasteiger charge is -2.24. The van der Waals surface area contributed by atoms with Crippen LogP contribution in [-0.2, 0) is 0 Å². The maximum atomic E-state index is 10.1. The Labute approximate surface area is 97.8 Å². The SMILES string of the molecule is CC1=C[C@@H](c2ccccc2)[C@H](C)[C@H](O)CC1. The molecule has 1 N–H and O–H groups in total. The molecule has 16 heavy (non-hydrogen) atoms. The molecule has 3 atom stereocenters. The number of aliphatic hydroxyl groups excluding tert-OH is 1. The van der Waals surface area contributed by atoms with Crippen molar-refractivity contribution in [2.75, 3.05) is 0 Å². The first-order chi connectivity index (χ1) is 7.68. The van der Waals surface area contributed by atoms with Gasteiger partial charge in [-0.25, -0.2) is 0 Å². The Balaban J connectivity index is 2.32. The van der Waals surface area contributed by atoms with Crippen LogP contribution in [0.2, 0.25) is 0 Å². The first kappa shape index (κ1) is 11.4. The second-order valence-electron chi connectivity index (χ2n) is 4.91. The van der Waals surface area contributed by atoms with Crippen molar-refractivity contribution >= 4 is 0 Å². The van der Waals surface area contributed by atoms with Crippen molar-refractivity contribution in [3.05, 3.63) is 47.5 Å². The van der Waals surface area contributed by atoms with Gasteiger partial charge in [-0.1, -0.05) is 48.9 Å². The summed E-state index contributed by atoms with van der Waals surface area (Å²) in [5, 5.41) is 10.1. The summed E-state index contributed by atoms with van der Waals surface area (Å²) in [7, 11) is 0.